The third-order valence-corrected chi connectivity index (χ3v) is 3.04. The Kier molecular flexibility index (Phi) is 4.21. The van der Waals surface area contributed by atoms with Gasteiger partial charge in [-0.2, -0.15) is 0 Å². The van der Waals surface area contributed by atoms with E-state index in [4.69, 9.17) is 10.8 Å². The second-order valence-electron chi connectivity index (χ2n) is 3.09. The number of carboxylic acid groups (broad SMARTS) is 1. The first-order valence-electron chi connectivity index (χ1n) is 4.53. The highest BCUT2D eigenvalue weighted by molar-refractivity contribution is 8.13. The van der Waals surface area contributed by atoms with Crippen molar-refractivity contribution in [2.24, 2.45) is 5.73 Å². The van der Waals surface area contributed by atoms with Crippen molar-refractivity contribution in [1.29, 1.82) is 0 Å². The Morgan fingerprint density at radius 1 is 1.57 bits per heavy atom. The number of thioether (sulfide) groups is 1. The second kappa shape index (κ2) is 5.21. The summed E-state index contributed by atoms with van der Waals surface area (Å²) in [5, 5.41) is 8.66. The van der Waals surface area contributed by atoms with E-state index in [1.807, 2.05) is 0 Å². The van der Waals surface area contributed by atoms with Crippen LogP contribution < -0.4 is 5.73 Å². The van der Waals surface area contributed by atoms with Crippen LogP contribution in [0, 0.1) is 0 Å². The number of nitrogens with zero attached hydrogens (tertiary/aromatic N) is 1. The van der Waals surface area contributed by atoms with Crippen LogP contribution in [0.1, 0.15) is 12.8 Å². The predicted molar refractivity (Wildman–Crippen MR) is 54.3 cm³/mol. The molecular weight excluding hydrogens is 204 g/mol. The van der Waals surface area contributed by atoms with E-state index in [0.717, 1.165) is 18.2 Å². The minimum Gasteiger partial charge on any atom is -0.480 e. The molecule has 1 aliphatic rings. The average Bonchev–Trinajstić information content (AvgIpc) is 2.62. The van der Waals surface area contributed by atoms with E-state index >= 15 is 0 Å². The highest BCUT2D eigenvalue weighted by Gasteiger charge is 2.33. The summed E-state index contributed by atoms with van der Waals surface area (Å²) >= 11 is 1.09. The predicted octanol–water partition coefficient (Wildman–Crippen LogP) is 0.347. The van der Waals surface area contributed by atoms with Gasteiger partial charge in [0.25, 0.3) is 5.24 Å². The van der Waals surface area contributed by atoms with Crippen molar-refractivity contribution in [3.05, 3.63) is 0 Å². The first-order chi connectivity index (χ1) is 6.66. The lowest BCUT2D eigenvalue weighted by Gasteiger charge is -2.20. The Morgan fingerprint density at radius 2 is 2.29 bits per heavy atom. The largest absolute Gasteiger partial charge is 0.480 e. The molecule has 0 spiro atoms. The molecule has 1 atom stereocenters. The molecule has 1 aliphatic heterocycles. The highest BCUT2D eigenvalue weighted by Crippen LogP contribution is 2.21. The van der Waals surface area contributed by atoms with Crippen LogP contribution in [0.2, 0.25) is 0 Å². The van der Waals surface area contributed by atoms with E-state index in [0.29, 0.717) is 25.3 Å². The minimum absolute atomic E-state index is 0.166. The summed E-state index contributed by atoms with van der Waals surface area (Å²) in [4.78, 5) is 23.7. The summed E-state index contributed by atoms with van der Waals surface area (Å²) < 4.78 is 0. The number of amides is 1. The highest BCUT2D eigenvalue weighted by atomic mass is 32.2. The minimum atomic E-state index is -0.913. The Labute approximate surface area is 86.6 Å². The molecule has 6 heteroatoms. The van der Waals surface area contributed by atoms with Crippen molar-refractivity contribution >= 4 is 23.0 Å². The van der Waals surface area contributed by atoms with E-state index in [2.05, 4.69) is 0 Å². The quantitative estimate of drug-likeness (QED) is 0.714. The zero-order valence-electron chi connectivity index (χ0n) is 7.81. The molecule has 1 heterocycles. The molecule has 14 heavy (non-hydrogen) atoms. The van der Waals surface area contributed by atoms with Crippen LogP contribution in [0.3, 0.4) is 0 Å². The maximum absolute atomic E-state index is 11.5. The summed E-state index contributed by atoms with van der Waals surface area (Å²) in [7, 11) is 0. The summed E-state index contributed by atoms with van der Waals surface area (Å²) in [6.07, 6.45) is 1.33. The zero-order valence-corrected chi connectivity index (χ0v) is 8.63. The van der Waals surface area contributed by atoms with E-state index in [9.17, 15) is 9.59 Å². The summed E-state index contributed by atoms with van der Waals surface area (Å²) in [6.45, 7) is 0.982. The molecule has 1 unspecified atom stereocenters. The van der Waals surface area contributed by atoms with Crippen molar-refractivity contribution in [2.75, 3.05) is 18.8 Å². The van der Waals surface area contributed by atoms with E-state index < -0.39 is 12.0 Å². The lowest BCUT2D eigenvalue weighted by Crippen LogP contribution is -2.38. The van der Waals surface area contributed by atoms with Gasteiger partial charge >= 0.3 is 5.97 Å². The lowest BCUT2D eigenvalue weighted by molar-refractivity contribution is -0.141. The molecule has 0 aromatic carbocycles. The molecule has 1 amide bonds. The van der Waals surface area contributed by atoms with Gasteiger partial charge in [-0.15, -0.1) is 0 Å². The van der Waals surface area contributed by atoms with Crippen LogP contribution in [0.5, 0.6) is 0 Å². The average molecular weight is 218 g/mol. The summed E-state index contributed by atoms with van der Waals surface area (Å²) in [5.41, 5.74) is 5.26. The third-order valence-electron chi connectivity index (χ3n) is 2.12. The molecule has 1 fully saturated rings. The number of hydrogen-bond acceptors (Lipinski definition) is 4. The molecule has 0 aromatic heterocycles. The molecule has 1 rings (SSSR count). The van der Waals surface area contributed by atoms with E-state index in [-0.39, 0.29) is 5.24 Å². The maximum atomic E-state index is 11.5. The van der Waals surface area contributed by atoms with Gasteiger partial charge in [0.2, 0.25) is 0 Å². The number of aliphatic carboxylic acids is 1. The number of nitrogens with two attached hydrogens (primary N) is 1. The number of carboxylic acids is 1. The van der Waals surface area contributed by atoms with Crippen molar-refractivity contribution in [2.45, 2.75) is 18.9 Å². The van der Waals surface area contributed by atoms with Crippen molar-refractivity contribution in [1.82, 2.24) is 4.90 Å². The van der Waals surface area contributed by atoms with Gasteiger partial charge in [0, 0.05) is 18.8 Å². The van der Waals surface area contributed by atoms with Gasteiger partial charge in [-0.25, -0.2) is 4.79 Å². The maximum Gasteiger partial charge on any atom is 0.326 e. The molecule has 0 aliphatic carbocycles. The van der Waals surface area contributed by atoms with E-state index in [1.54, 1.807) is 0 Å². The van der Waals surface area contributed by atoms with Gasteiger partial charge in [0.05, 0.1) is 0 Å². The standard InChI is InChI=1S/C8H14N2O3S/c9-3-5-14-8(13)10-4-1-2-6(10)7(11)12/h6H,1-5,9H2,(H,11,12). The first-order valence-corrected chi connectivity index (χ1v) is 5.51. The summed E-state index contributed by atoms with van der Waals surface area (Å²) in [5.74, 6) is -0.369. The second-order valence-corrected chi connectivity index (χ2v) is 4.14. The van der Waals surface area contributed by atoms with Crippen LogP contribution >= 0.6 is 11.8 Å². The van der Waals surface area contributed by atoms with Crippen LogP contribution in [-0.2, 0) is 4.79 Å². The fourth-order valence-electron chi connectivity index (χ4n) is 1.47. The third kappa shape index (κ3) is 2.62. The van der Waals surface area contributed by atoms with E-state index in [1.165, 1.54) is 4.90 Å². The van der Waals surface area contributed by atoms with Gasteiger partial charge in [0.1, 0.15) is 6.04 Å². The van der Waals surface area contributed by atoms with Crippen LogP contribution in [0.25, 0.3) is 0 Å². The Morgan fingerprint density at radius 3 is 2.86 bits per heavy atom. The fourth-order valence-corrected chi connectivity index (χ4v) is 2.15. The van der Waals surface area contributed by atoms with Crippen LogP contribution in [0.15, 0.2) is 0 Å². The zero-order chi connectivity index (χ0) is 10.6. The van der Waals surface area contributed by atoms with Gasteiger partial charge < -0.3 is 15.7 Å². The van der Waals surface area contributed by atoms with Crippen molar-refractivity contribution in [3.63, 3.8) is 0 Å². The molecule has 0 aromatic rings. The fraction of sp³-hybridized carbons (Fsp3) is 0.750. The molecule has 1 saturated heterocycles. The molecule has 80 valence electrons. The Bertz CT molecular complexity index is 235. The molecule has 3 N–H and O–H groups in total. The molecular formula is C8H14N2O3S. The molecule has 0 bridgehead atoms. The topological polar surface area (TPSA) is 83.6 Å². The van der Waals surface area contributed by atoms with Gasteiger partial charge in [0.15, 0.2) is 0 Å². The lowest BCUT2D eigenvalue weighted by atomic mass is 10.2. The first kappa shape index (κ1) is 11.3. The van der Waals surface area contributed by atoms with Gasteiger partial charge in [-0.05, 0) is 12.8 Å². The number of rotatable bonds is 3. The number of carbonyl (C=O) groups excluding carboxylic acids is 1. The van der Waals surface area contributed by atoms with Crippen LogP contribution in [-0.4, -0.2) is 46.1 Å². The SMILES string of the molecule is NCCSC(=O)N1CCCC1C(=O)O. The van der Waals surface area contributed by atoms with Gasteiger partial charge in [-0.1, -0.05) is 11.8 Å². The molecule has 0 saturated carbocycles. The monoisotopic (exact) mass is 218 g/mol. The Balaban J connectivity index is 2.49. The Hall–Kier alpha value is -0.750. The summed E-state index contributed by atoms with van der Waals surface area (Å²) in [6, 6.07) is -0.632. The molecule has 5 nitrogen and oxygen atoms in total. The smallest absolute Gasteiger partial charge is 0.326 e. The number of carbonyl (C=O) groups is 2. The number of likely N-dealkylation sites (tertiary alicyclic amines) is 1. The molecule has 0 radical (unpaired) electrons. The van der Waals surface area contributed by atoms with Gasteiger partial charge in [-0.3, -0.25) is 4.79 Å². The van der Waals surface area contributed by atoms with Crippen molar-refractivity contribution < 1.29 is 14.7 Å². The van der Waals surface area contributed by atoms with Crippen LogP contribution in [0.4, 0.5) is 4.79 Å². The number of hydrogen-bond donors (Lipinski definition) is 2. The van der Waals surface area contributed by atoms with Crippen molar-refractivity contribution in [3.8, 4) is 0 Å². The normalized spacial score (nSPS) is 21.2.